The number of hydrogen-bond donors (Lipinski definition) is 2. The smallest absolute Gasteiger partial charge is 0.317 e. The minimum absolute atomic E-state index is 0.0766. The number of halogens is 1. The van der Waals surface area contributed by atoms with E-state index in [4.69, 9.17) is 5.11 Å². The third kappa shape index (κ3) is 3.32. The highest BCUT2D eigenvalue weighted by atomic mass is 19.1. The van der Waals surface area contributed by atoms with E-state index < -0.39 is 0 Å². The summed E-state index contributed by atoms with van der Waals surface area (Å²) in [4.78, 5) is 13.8. The van der Waals surface area contributed by atoms with Gasteiger partial charge in [0, 0.05) is 50.8 Å². The van der Waals surface area contributed by atoms with Crippen LogP contribution in [-0.4, -0.2) is 46.8 Å². The Morgan fingerprint density at radius 1 is 1.48 bits per heavy atom. The van der Waals surface area contributed by atoms with Crippen LogP contribution >= 0.6 is 0 Å². The molecule has 1 aromatic heterocycles. The Labute approximate surface area is 134 Å². The van der Waals surface area contributed by atoms with Crippen LogP contribution in [0.25, 0.3) is 10.9 Å². The van der Waals surface area contributed by atoms with Crippen LogP contribution in [0, 0.1) is 11.7 Å². The van der Waals surface area contributed by atoms with Gasteiger partial charge in [0.15, 0.2) is 0 Å². The fraction of sp³-hybridized carbons (Fsp3) is 0.471. The van der Waals surface area contributed by atoms with E-state index in [1.165, 1.54) is 12.1 Å². The molecule has 1 aliphatic rings. The van der Waals surface area contributed by atoms with Crippen LogP contribution in [0.2, 0.25) is 0 Å². The number of aromatic nitrogens is 1. The van der Waals surface area contributed by atoms with Crippen molar-refractivity contribution in [1.29, 1.82) is 0 Å². The number of aliphatic hydroxyl groups is 1. The summed E-state index contributed by atoms with van der Waals surface area (Å²) in [5, 5.41) is 13.1. The lowest BCUT2D eigenvalue weighted by Gasteiger charge is -2.16. The van der Waals surface area contributed by atoms with Crippen LogP contribution in [0.3, 0.4) is 0 Å². The van der Waals surface area contributed by atoms with E-state index in [9.17, 15) is 9.18 Å². The number of hydrogen-bond acceptors (Lipinski definition) is 2. The third-order valence-corrected chi connectivity index (χ3v) is 4.54. The van der Waals surface area contributed by atoms with Crippen LogP contribution in [-0.2, 0) is 13.5 Å². The molecule has 5 nitrogen and oxygen atoms in total. The van der Waals surface area contributed by atoms with Crippen molar-refractivity contribution in [3.8, 4) is 0 Å². The van der Waals surface area contributed by atoms with Gasteiger partial charge in [0.05, 0.1) is 5.52 Å². The topological polar surface area (TPSA) is 57.5 Å². The normalized spacial score (nSPS) is 17.9. The first-order valence-electron chi connectivity index (χ1n) is 7.95. The predicted octanol–water partition coefficient (Wildman–Crippen LogP) is 1.88. The molecule has 23 heavy (non-hydrogen) atoms. The summed E-state index contributed by atoms with van der Waals surface area (Å²) >= 11 is 0. The number of benzene rings is 1. The van der Waals surface area contributed by atoms with Crippen molar-refractivity contribution in [3.63, 3.8) is 0 Å². The Balaban J connectivity index is 1.58. The van der Waals surface area contributed by atoms with Crippen LogP contribution in [0.1, 0.15) is 12.0 Å². The van der Waals surface area contributed by atoms with Gasteiger partial charge in [0.2, 0.25) is 0 Å². The van der Waals surface area contributed by atoms with Gasteiger partial charge in [-0.15, -0.1) is 0 Å². The zero-order valence-electron chi connectivity index (χ0n) is 13.3. The van der Waals surface area contributed by atoms with E-state index in [1.54, 1.807) is 11.0 Å². The maximum Gasteiger partial charge on any atom is 0.317 e. The van der Waals surface area contributed by atoms with Gasteiger partial charge in [0.1, 0.15) is 5.82 Å². The maximum absolute atomic E-state index is 13.3. The molecular weight excluding hydrogens is 297 g/mol. The molecule has 1 atom stereocenters. The van der Waals surface area contributed by atoms with Crippen molar-refractivity contribution in [3.05, 3.63) is 35.8 Å². The lowest BCUT2D eigenvalue weighted by atomic mass is 10.1. The highest BCUT2D eigenvalue weighted by Crippen LogP contribution is 2.22. The van der Waals surface area contributed by atoms with Crippen molar-refractivity contribution < 1.29 is 14.3 Å². The number of fused-ring (bicyclic) bond motifs is 1. The van der Waals surface area contributed by atoms with E-state index in [2.05, 4.69) is 5.32 Å². The minimum atomic E-state index is -0.244. The highest BCUT2D eigenvalue weighted by molar-refractivity contribution is 5.84. The van der Waals surface area contributed by atoms with Gasteiger partial charge in [-0.1, -0.05) is 0 Å². The van der Waals surface area contributed by atoms with Crippen molar-refractivity contribution in [2.75, 3.05) is 26.2 Å². The molecule has 1 fully saturated rings. The van der Waals surface area contributed by atoms with Gasteiger partial charge in [-0.25, -0.2) is 9.18 Å². The van der Waals surface area contributed by atoms with E-state index in [0.29, 0.717) is 26.1 Å². The summed E-state index contributed by atoms with van der Waals surface area (Å²) in [6.45, 7) is 1.99. The number of aryl methyl sites for hydroxylation is 1. The number of amides is 2. The largest absolute Gasteiger partial charge is 0.396 e. The van der Waals surface area contributed by atoms with E-state index in [-0.39, 0.29) is 24.4 Å². The SMILES string of the molecule is Cn1cc(CCNC(=O)N2CC[C@H](CO)C2)c2ccc(F)cc21. The summed E-state index contributed by atoms with van der Waals surface area (Å²) < 4.78 is 15.2. The second-order valence-corrected chi connectivity index (χ2v) is 6.19. The molecule has 2 heterocycles. The van der Waals surface area contributed by atoms with Gasteiger partial charge in [-0.3, -0.25) is 0 Å². The number of carbonyl (C=O) groups is 1. The van der Waals surface area contributed by atoms with Crippen molar-refractivity contribution in [2.45, 2.75) is 12.8 Å². The Morgan fingerprint density at radius 2 is 2.30 bits per heavy atom. The van der Waals surface area contributed by atoms with Crippen LogP contribution < -0.4 is 5.32 Å². The average Bonchev–Trinajstić information content (AvgIpc) is 3.13. The van der Waals surface area contributed by atoms with E-state index in [1.807, 2.05) is 17.8 Å². The molecule has 3 rings (SSSR count). The van der Waals surface area contributed by atoms with Crippen molar-refractivity contribution >= 4 is 16.9 Å². The van der Waals surface area contributed by atoms with Gasteiger partial charge in [-0.05, 0) is 36.6 Å². The summed E-state index contributed by atoms with van der Waals surface area (Å²) in [5.74, 6) is -0.0419. The number of aliphatic hydroxyl groups excluding tert-OH is 1. The Hall–Kier alpha value is -2.08. The average molecular weight is 319 g/mol. The quantitative estimate of drug-likeness (QED) is 0.904. The lowest BCUT2D eigenvalue weighted by molar-refractivity contribution is 0.198. The standard InChI is InChI=1S/C17H22FN3O2/c1-20-10-13(15-3-2-14(18)8-16(15)20)4-6-19-17(23)21-7-5-12(9-21)11-22/h2-3,8,10,12,22H,4-7,9,11H2,1H3,(H,19,23)/t12-/m0/s1. The van der Waals surface area contributed by atoms with Crippen molar-refractivity contribution in [1.82, 2.24) is 14.8 Å². The molecule has 0 aliphatic carbocycles. The molecule has 0 bridgehead atoms. The Bertz CT molecular complexity index is 713. The Kier molecular flexibility index (Phi) is 4.52. The molecule has 124 valence electrons. The predicted molar refractivity (Wildman–Crippen MR) is 86.7 cm³/mol. The van der Waals surface area contributed by atoms with Gasteiger partial charge < -0.3 is 19.9 Å². The minimum Gasteiger partial charge on any atom is -0.396 e. The van der Waals surface area contributed by atoms with Crippen molar-refractivity contribution in [2.24, 2.45) is 13.0 Å². The third-order valence-electron chi connectivity index (χ3n) is 4.54. The molecule has 6 heteroatoms. The Morgan fingerprint density at radius 3 is 3.04 bits per heavy atom. The lowest BCUT2D eigenvalue weighted by Crippen LogP contribution is -2.39. The molecule has 0 radical (unpaired) electrons. The van der Waals surface area contributed by atoms with E-state index >= 15 is 0 Å². The number of rotatable bonds is 4. The fourth-order valence-corrected chi connectivity index (χ4v) is 3.22. The second kappa shape index (κ2) is 6.58. The number of nitrogens with zero attached hydrogens (tertiary/aromatic N) is 2. The fourth-order valence-electron chi connectivity index (χ4n) is 3.22. The van der Waals surface area contributed by atoms with Crippen LogP contribution in [0.15, 0.2) is 24.4 Å². The number of nitrogens with one attached hydrogen (secondary N) is 1. The highest BCUT2D eigenvalue weighted by Gasteiger charge is 2.25. The molecule has 1 aliphatic heterocycles. The van der Waals surface area contributed by atoms with Gasteiger partial charge in [-0.2, -0.15) is 0 Å². The number of likely N-dealkylation sites (tertiary alicyclic amines) is 1. The first kappa shape index (κ1) is 15.8. The summed E-state index contributed by atoms with van der Waals surface area (Å²) in [6.07, 6.45) is 3.54. The van der Waals surface area contributed by atoms with Gasteiger partial charge in [0.25, 0.3) is 0 Å². The molecule has 2 aromatic rings. The summed E-state index contributed by atoms with van der Waals surface area (Å²) in [7, 11) is 1.89. The molecule has 1 saturated heterocycles. The second-order valence-electron chi connectivity index (χ2n) is 6.19. The monoisotopic (exact) mass is 319 g/mol. The van der Waals surface area contributed by atoms with Crippen LogP contribution in [0.5, 0.6) is 0 Å². The molecular formula is C17H22FN3O2. The van der Waals surface area contributed by atoms with E-state index in [0.717, 1.165) is 22.9 Å². The molecule has 2 N–H and O–H groups in total. The zero-order valence-corrected chi connectivity index (χ0v) is 13.3. The molecule has 2 amide bonds. The first-order valence-corrected chi connectivity index (χ1v) is 7.95. The first-order chi connectivity index (χ1) is 11.1. The molecule has 0 saturated carbocycles. The number of carbonyl (C=O) groups excluding carboxylic acids is 1. The van der Waals surface area contributed by atoms with Gasteiger partial charge >= 0.3 is 6.03 Å². The number of urea groups is 1. The summed E-state index contributed by atoms with van der Waals surface area (Å²) in [6, 6.07) is 4.70. The molecule has 0 spiro atoms. The molecule has 1 aromatic carbocycles. The maximum atomic E-state index is 13.3. The zero-order chi connectivity index (χ0) is 16.4. The molecule has 0 unspecified atom stereocenters. The van der Waals surface area contributed by atoms with Crippen LogP contribution in [0.4, 0.5) is 9.18 Å². The summed E-state index contributed by atoms with van der Waals surface area (Å²) in [5.41, 5.74) is 1.95.